The van der Waals surface area contributed by atoms with Crippen LogP contribution in [0.2, 0.25) is 5.02 Å². The van der Waals surface area contributed by atoms with Crippen molar-refractivity contribution < 1.29 is 37.0 Å². The zero-order valence-corrected chi connectivity index (χ0v) is 17.5. The van der Waals surface area contributed by atoms with Gasteiger partial charge in [-0.2, -0.15) is 0 Å². The Morgan fingerprint density at radius 1 is 0.897 bits per heavy atom. The SMILES string of the molecule is COC(=O)c1ccc(C(=O)OC)c(S(=O)(=O)Nc2cc(OC)c(Cl)cc2OC)c1. The molecule has 0 heterocycles. The molecule has 11 heteroatoms. The third-order valence-electron chi connectivity index (χ3n) is 3.82. The van der Waals surface area contributed by atoms with E-state index in [1.54, 1.807) is 0 Å². The van der Waals surface area contributed by atoms with E-state index in [-0.39, 0.29) is 33.3 Å². The van der Waals surface area contributed by atoms with Crippen LogP contribution >= 0.6 is 11.6 Å². The summed E-state index contributed by atoms with van der Waals surface area (Å²) in [4.78, 5) is 23.4. The summed E-state index contributed by atoms with van der Waals surface area (Å²) in [5.74, 6) is -1.36. The Morgan fingerprint density at radius 2 is 1.52 bits per heavy atom. The van der Waals surface area contributed by atoms with Crippen LogP contribution in [0.25, 0.3) is 0 Å². The molecule has 0 aliphatic heterocycles. The van der Waals surface area contributed by atoms with E-state index in [2.05, 4.69) is 14.2 Å². The molecule has 0 aliphatic carbocycles. The number of nitrogens with one attached hydrogen (secondary N) is 1. The molecule has 9 nitrogen and oxygen atoms in total. The van der Waals surface area contributed by atoms with Crippen molar-refractivity contribution in [2.24, 2.45) is 0 Å². The number of hydrogen-bond acceptors (Lipinski definition) is 8. The molecule has 1 N–H and O–H groups in total. The summed E-state index contributed by atoms with van der Waals surface area (Å²) in [6, 6.07) is 6.11. The van der Waals surface area contributed by atoms with E-state index in [1.165, 1.54) is 32.4 Å². The quantitative estimate of drug-likeness (QED) is 0.649. The monoisotopic (exact) mass is 443 g/mol. The third kappa shape index (κ3) is 4.72. The summed E-state index contributed by atoms with van der Waals surface area (Å²) < 4.78 is 47.9. The number of carbonyl (C=O) groups is 2. The van der Waals surface area contributed by atoms with Gasteiger partial charge in [-0.3, -0.25) is 4.72 Å². The lowest BCUT2D eigenvalue weighted by Crippen LogP contribution is -2.19. The molecule has 0 atom stereocenters. The fraction of sp³-hybridized carbons (Fsp3) is 0.222. The molecule has 0 amide bonds. The van der Waals surface area contributed by atoms with Crippen molar-refractivity contribution in [3.05, 3.63) is 46.5 Å². The van der Waals surface area contributed by atoms with E-state index < -0.39 is 26.9 Å². The summed E-state index contributed by atoms with van der Waals surface area (Å²) in [7, 11) is 0.570. The molecule has 0 saturated carbocycles. The first-order chi connectivity index (χ1) is 13.7. The van der Waals surface area contributed by atoms with Gasteiger partial charge in [0.05, 0.1) is 50.3 Å². The van der Waals surface area contributed by atoms with E-state index in [4.69, 9.17) is 21.1 Å². The number of ether oxygens (including phenoxy) is 4. The lowest BCUT2D eigenvalue weighted by Gasteiger charge is -2.16. The van der Waals surface area contributed by atoms with Gasteiger partial charge in [0.2, 0.25) is 0 Å². The number of hydrogen-bond donors (Lipinski definition) is 1. The number of benzene rings is 2. The molecule has 2 rings (SSSR count). The molecular formula is C18H18ClNO8S. The van der Waals surface area contributed by atoms with Gasteiger partial charge in [-0.1, -0.05) is 11.6 Å². The van der Waals surface area contributed by atoms with Crippen molar-refractivity contribution in [1.29, 1.82) is 0 Å². The Balaban J connectivity index is 2.63. The zero-order chi connectivity index (χ0) is 21.8. The second-order valence-electron chi connectivity index (χ2n) is 5.49. The third-order valence-corrected chi connectivity index (χ3v) is 5.52. The molecule has 2 aromatic carbocycles. The molecule has 0 aromatic heterocycles. The minimum Gasteiger partial charge on any atom is -0.495 e. The Kier molecular flexibility index (Phi) is 6.93. The van der Waals surface area contributed by atoms with Gasteiger partial charge in [0.15, 0.2) is 0 Å². The molecule has 0 aliphatic rings. The smallest absolute Gasteiger partial charge is 0.339 e. The highest BCUT2D eigenvalue weighted by Gasteiger charge is 2.26. The maximum Gasteiger partial charge on any atom is 0.339 e. The molecule has 2 aromatic rings. The first-order valence-electron chi connectivity index (χ1n) is 7.93. The van der Waals surface area contributed by atoms with Gasteiger partial charge < -0.3 is 18.9 Å². The first-order valence-corrected chi connectivity index (χ1v) is 9.79. The molecule has 0 spiro atoms. The predicted molar refractivity (Wildman–Crippen MR) is 104 cm³/mol. The highest BCUT2D eigenvalue weighted by atomic mass is 35.5. The van der Waals surface area contributed by atoms with Crippen LogP contribution in [-0.2, 0) is 19.5 Å². The molecule has 29 heavy (non-hydrogen) atoms. The van der Waals surface area contributed by atoms with E-state index >= 15 is 0 Å². The van der Waals surface area contributed by atoms with Gasteiger partial charge in [-0.05, 0) is 18.2 Å². The van der Waals surface area contributed by atoms with Crippen molar-refractivity contribution >= 4 is 39.3 Å². The van der Waals surface area contributed by atoms with Gasteiger partial charge in [-0.15, -0.1) is 0 Å². The van der Waals surface area contributed by atoms with E-state index in [9.17, 15) is 18.0 Å². The molecule has 0 unspecified atom stereocenters. The number of methoxy groups -OCH3 is 4. The minimum atomic E-state index is -4.37. The predicted octanol–water partition coefficient (Wildman–Crippen LogP) is 2.73. The maximum atomic E-state index is 13.1. The standard InChI is InChI=1S/C18H18ClNO8S/c1-25-14-9-13(15(26-2)8-12(14)19)20-29(23,24)16-7-10(17(21)27-3)5-6-11(16)18(22)28-4/h5-9,20H,1-4H3. The number of halogens is 1. The van der Waals surface area contributed by atoms with Crippen LogP contribution in [0, 0.1) is 0 Å². The summed E-state index contributed by atoms with van der Waals surface area (Å²) >= 11 is 6.03. The van der Waals surface area contributed by atoms with Crippen molar-refractivity contribution in [3.8, 4) is 11.5 Å². The highest BCUT2D eigenvalue weighted by molar-refractivity contribution is 7.92. The first kappa shape index (κ1) is 22.3. The van der Waals surface area contributed by atoms with Gasteiger partial charge >= 0.3 is 11.9 Å². The van der Waals surface area contributed by atoms with E-state index in [0.717, 1.165) is 26.4 Å². The Labute approximate surface area is 172 Å². The number of carbonyl (C=O) groups excluding carboxylic acids is 2. The number of anilines is 1. The lowest BCUT2D eigenvalue weighted by atomic mass is 10.1. The van der Waals surface area contributed by atoms with Crippen LogP contribution in [0.15, 0.2) is 35.2 Å². The Hall–Kier alpha value is -2.98. The van der Waals surface area contributed by atoms with Gasteiger partial charge in [0, 0.05) is 12.1 Å². The molecule has 0 fully saturated rings. The van der Waals surface area contributed by atoms with Crippen LogP contribution in [0.4, 0.5) is 5.69 Å². The second kappa shape index (κ2) is 9.01. The van der Waals surface area contributed by atoms with Gasteiger partial charge in [0.1, 0.15) is 16.4 Å². The minimum absolute atomic E-state index is 0.00744. The number of rotatable bonds is 7. The molecular weight excluding hydrogens is 426 g/mol. The van der Waals surface area contributed by atoms with Crippen molar-refractivity contribution in [3.63, 3.8) is 0 Å². The molecule has 156 valence electrons. The van der Waals surface area contributed by atoms with E-state index in [1.807, 2.05) is 0 Å². The summed E-state index contributed by atoms with van der Waals surface area (Å²) in [6.45, 7) is 0. The van der Waals surface area contributed by atoms with Crippen molar-refractivity contribution in [1.82, 2.24) is 0 Å². The van der Waals surface area contributed by atoms with E-state index in [0.29, 0.717) is 0 Å². The zero-order valence-electron chi connectivity index (χ0n) is 15.9. The Bertz CT molecular complexity index is 1050. The summed E-state index contributed by atoms with van der Waals surface area (Å²) in [6.07, 6.45) is 0. The average Bonchev–Trinajstić information content (AvgIpc) is 2.72. The summed E-state index contributed by atoms with van der Waals surface area (Å²) in [5.41, 5.74) is -0.332. The largest absolute Gasteiger partial charge is 0.495 e. The summed E-state index contributed by atoms with van der Waals surface area (Å²) in [5, 5.41) is 0.204. The Morgan fingerprint density at radius 3 is 2.07 bits per heavy atom. The molecule has 0 saturated heterocycles. The van der Waals surface area contributed by atoms with Crippen LogP contribution in [-0.4, -0.2) is 48.8 Å². The van der Waals surface area contributed by atoms with Crippen LogP contribution < -0.4 is 14.2 Å². The molecule has 0 radical (unpaired) electrons. The van der Waals surface area contributed by atoms with Crippen molar-refractivity contribution in [2.75, 3.05) is 33.2 Å². The van der Waals surface area contributed by atoms with Gasteiger partial charge in [0.25, 0.3) is 10.0 Å². The maximum absolute atomic E-state index is 13.1. The highest BCUT2D eigenvalue weighted by Crippen LogP contribution is 2.37. The second-order valence-corrected chi connectivity index (χ2v) is 7.54. The number of sulfonamides is 1. The lowest BCUT2D eigenvalue weighted by molar-refractivity contribution is 0.0583. The molecule has 0 bridgehead atoms. The topological polar surface area (TPSA) is 117 Å². The normalized spacial score (nSPS) is 10.8. The fourth-order valence-corrected chi connectivity index (χ4v) is 3.92. The van der Waals surface area contributed by atoms with Gasteiger partial charge in [-0.25, -0.2) is 18.0 Å². The van der Waals surface area contributed by atoms with Crippen LogP contribution in [0.5, 0.6) is 11.5 Å². The van der Waals surface area contributed by atoms with Crippen LogP contribution in [0.1, 0.15) is 20.7 Å². The van der Waals surface area contributed by atoms with Crippen LogP contribution in [0.3, 0.4) is 0 Å². The average molecular weight is 444 g/mol. The van der Waals surface area contributed by atoms with Crippen molar-refractivity contribution in [2.45, 2.75) is 4.90 Å². The number of esters is 2. The fourth-order valence-electron chi connectivity index (χ4n) is 2.41.